The van der Waals surface area contributed by atoms with Gasteiger partial charge in [-0.15, -0.1) is 12.3 Å². The van der Waals surface area contributed by atoms with Crippen LogP contribution in [0.25, 0.3) is 0 Å². The van der Waals surface area contributed by atoms with Gasteiger partial charge in [0.2, 0.25) is 10.0 Å². The third-order valence-corrected chi connectivity index (χ3v) is 4.99. The van der Waals surface area contributed by atoms with Crippen molar-refractivity contribution in [2.75, 3.05) is 6.61 Å². The molecule has 2 N–H and O–H groups in total. The first kappa shape index (κ1) is 18.0. The second-order valence-corrected chi connectivity index (χ2v) is 6.86. The highest BCUT2D eigenvalue weighted by molar-refractivity contribution is 7.90. The van der Waals surface area contributed by atoms with Gasteiger partial charge in [-0.25, -0.2) is 13.2 Å². The number of amides is 2. The van der Waals surface area contributed by atoms with Crippen molar-refractivity contribution >= 4 is 22.0 Å². The Labute approximate surface area is 130 Å². The maximum Gasteiger partial charge on any atom is 0.408 e. The Balaban J connectivity index is 2.80. The highest BCUT2D eigenvalue weighted by Gasteiger charge is 2.39. The summed E-state index contributed by atoms with van der Waals surface area (Å²) in [4.78, 5) is 23.8. The van der Waals surface area contributed by atoms with Gasteiger partial charge in [0.1, 0.15) is 12.6 Å². The lowest BCUT2D eigenvalue weighted by Gasteiger charge is -2.22. The van der Waals surface area contributed by atoms with Crippen molar-refractivity contribution in [3.63, 3.8) is 0 Å². The summed E-state index contributed by atoms with van der Waals surface area (Å²) in [6, 6.07) is -1.18. The van der Waals surface area contributed by atoms with Gasteiger partial charge in [-0.05, 0) is 19.3 Å². The van der Waals surface area contributed by atoms with Crippen molar-refractivity contribution in [2.45, 2.75) is 37.5 Å². The Morgan fingerprint density at radius 2 is 2.14 bits per heavy atom. The molecule has 0 bridgehead atoms. The van der Waals surface area contributed by atoms with Crippen molar-refractivity contribution in [1.82, 2.24) is 10.0 Å². The smallest absolute Gasteiger partial charge is 0.408 e. The normalized spacial score (nSPS) is 16.7. The maximum absolute atomic E-state index is 12.2. The first-order chi connectivity index (χ1) is 10.4. The van der Waals surface area contributed by atoms with Crippen LogP contribution in [-0.4, -0.2) is 38.3 Å². The lowest BCUT2D eigenvalue weighted by molar-refractivity contribution is -0.122. The van der Waals surface area contributed by atoms with Gasteiger partial charge in [0.15, 0.2) is 0 Å². The Hall–Kier alpha value is -2.01. The van der Waals surface area contributed by atoms with E-state index in [4.69, 9.17) is 11.2 Å². The van der Waals surface area contributed by atoms with E-state index < -0.39 is 39.2 Å². The zero-order valence-electron chi connectivity index (χ0n) is 12.4. The molecule has 2 amide bonds. The van der Waals surface area contributed by atoms with Crippen LogP contribution >= 0.6 is 0 Å². The summed E-state index contributed by atoms with van der Waals surface area (Å²) in [6.07, 6.45) is 7.28. The number of hydrogen-bond donors (Lipinski definition) is 2. The van der Waals surface area contributed by atoms with Gasteiger partial charge in [-0.1, -0.05) is 19.6 Å². The molecule has 0 heterocycles. The monoisotopic (exact) mass is 328 g/mol. The van der Waals surface area contributed by atoms with Gasteiger partial charge < -0.3 is 10.1 Å². The Morgan fingerprint density at radius 3 is 2.59 bits per heavy atom. The summed E-state index contributed by atoms with van der Waals surface area (Å²) in [6.45, 7) is 5.09. The van der Waals surface area contributed by atoms with Crippen LogP contribution in [0.15, 0.2) is 12.7 Å². The molecule has 0 aromatic heterocycles. The maximum atomic E-state index is 12.2. The number of alkyl carbamates (subject to hydrolysis) is 1. The highest BCUT2D eigenvalue weighted by atomic mass is 32.2. The fourth-order valence-corrected chi connectivity index (χ4v) is 3.10. The number of sulfonamides is 1. The summed E-state index contributed by atoms with van der Waals surface area (Å²) in [5.74, 6) is 0.877. The molecule has 7 nitrogen and oxygen atoms in total. The quantitative estimate of drug-likeness (QED) is 0.500. The molecule has 0 aromatic carbocycles. The van der Waals surface area contributed by atoms with Gasteiger partial charge in [-0.3, -0.25) is 9.52 Å². The molecule has 1 unspecified atom stereocenters. The second-order valence-electron chi connectivity index (χ2n) is 4.90. The number of carbonyl (C=O) groups excluding carboxylic acids is 2. The molecular weight excluding hydrogens is 308 g/mol. The van der Waals surface area contributed by atoms with Gasteiger partial charge in [-0.2, -0.15) is 0 Å². The molecule has 1 aliphatic rings. The van der Waals surface area contributed by atoms with Crippen molar-refractivity contribution in [3.05, 3.63) is 12.7 Å². The van der Waals surface area contributed by atoms with E-state index in [1.165, 1.54) is 6.08 Å². The fraction of sp³-hybridized carbons (Fsp3) is 0.571. The number of ether oxygens (including phenoxy) is 1. The van der Waals surface area contributed by atoms with Crippen LogP contribution < -0.4 is 10.0 Å². The minimum Gasteiger partial charge on any atom is -0.445 e. The third-order valence-electron chi connectivity index (χ3n) is 3.15. The highest BCUT2D eigenvalue weighted by Crippen LogP contribution is 2.27. The predicted molar refractivity (Wildman–Crippen MR) is 81.2 cm³/mol. The number of carbonyl (C=O) groups is 2. The molecule has 1 fully saturated rings. The molecule has 2 atom stereocenters. The Bertz CT molecular complexity index is 575. The molecule has 0 saturated heterocycles. The summed E-state index contributed by atoms with van der Waals surface area (Å²) < 4.78 is 30.4. The fourth-order valence-electron chi connectivity index (χ4n) is 1.77. The molecule has 8 heteroatoms. The zero-order chi connectivity index (χ0) is 16.8. The van der Waals surface area contributed by atoms with Gasteiger partial charge in [0, 0.05) is 5.92 Å². The Morgan fingerprint density at radius 1 is 1.50 bits per heavy atom. The standard InChI is InChI=1S/C14H20N2O5S/c1-4-9-21-14(18)15-12(10(5-2)6-3)13(17)16-22(19,20)11-7-8-11/h2,4,10-12H,1,6-9H2,3H3,(H,15,18)(H,16,17)/t10-,12?/m0/s1. The second kappa shape index (κ2) is 7.84. The number of hydrogen-bond acceptors (Lipinski definition) is 5. The van der Waals surface area contributed by atoms with E-state index in [0.717, 1.165) is 0 Å². The average Bonchev–Trinajstić information content (AvgIpc) is 3.29. The van der Waals surface area contributed by atoms with E-state index in [1.807, 2.05) is 4.72 Å². The number of nitrogens with one attached hydrogen (secondary N) is 2. The molecular formula is C14H20N2O5S. The topological polar surface area (TPSA) is 102 Å². The van der Waals surface area contributed by atoms with Gasteiger partial charge in [0.25, 0.3) is 5.91 Å². The summed E-state index contributed by atoms with van der Waals surface area (Å²) in [7, 11) is -3.71. The average molecular weight is 328 g/mol. The molecule has 0 spiro atoms. The zero-order valence-corrected chi connectivity index (χ0v) is 13.2. The van der Waals surface area contributed by atoms with E-state index in [9.17, 15) is 18.0 Å². The molecule has 1 aliphatic carbocycles. The van der Waals surface area contributed by atoms with Crippen LogP contribution in [0, 0.1) is 18.3 Å². The van der Waals surface area contributed by atoms with Crippen LogP contribution in [0.5, 0.6) is 0 Å². The molecule has 122 valence electrons. The first-order valence-corrected chi connectivity index (χ1v) is 8.46. The van der Waals surface area contributed by atoms with Crippen LogP contribution in [0.4, 0.5) is 4.79 Å². The van der Waals surface area contributed by atoms with Gasteiger partial charge >= 0.3 is 6.09 Å². The molecule has 0 radical (unpaired) electrons. The lowest BCUT2D eigenvalue weighted by Crippen LogP contribution is -2.52. The molecule has 1 saturated carbocycles. The third kappa shape index (κ3) is 5.07. The van der Waals surface area contributed by atoms with E-state index in [0.29, 0.717) is 19.3 Å². The summed E-state index contributed by atoms with van der Waals surface area (Å²) in [5.41, 5.74) is 0. The SMILES string of the molecule is C#C[C@@H](CC)C(NC(=O)OCC=C)C(=O)NS(=O)(=O)C1CC1. The van der Waals surface area contributed by atoms with Crippen molar-refractivity contribution in [1.29, 1.82) is 0 Å². The van der Waals surface area contributed by atoms with E-state index in [-0.39, 0.29) is 6.61 Å². The van der Waals surface area contributed by atoms with E-state index >= 15 is 0 Å². The number of rotatable bonds is 8. The van der Waals surface area contributed by atoms with Crippen molar-refractivity contribution in [2.24, 2.45) is 5.92 Å². The molecule has 0 aromatic rings. The molecule has 22 heavy (non-hydrogen) atoms. The molecule has 0 aliphatic heterocycles. The summed E-state index contributed by atoms with van der Waals surface area (Å²) in [5, 5.41) is 1.76. The van der Waals surface area contributed by atoms with E-state index in [2.05, 4.69) is 17.8 Å². The van der Waals surface area contributed by atoms with Crippen LogP contribution in [0.2, 0.25) is 0 Å². The predicted octanol–water partition coefficient (Wildman–Crippen LogP) is 0.535. The van der Waals surface area contributed by atoms with Crippen LogP contribution in [0.3, 0.4) is 0 Å². The Kier molecular flexibility index (Phi) is 6.43. The van der Waals surface area contributed by atoms with Crippen LogP contribution in [0.1, 0.15) is 26.2 Å². The number of terminal acetylenes is 1. The van der Waals surface area contributed by atoms with Gasteiger partial charge in [0.05, 0.1) is 5.25 Å². The van der Waals surface area contributed by atoms with Crippen molar-refractivity contribution in [3.8, 4) is 12.3 Å². The van der Waals surface area contributed by atoms with E-state index in [1.54, 1.807) is 6.92 Å². The largest absolute Gasteiger partial charge is 0.445 e. The minimum absolute atomic E-state index is 0.0343. The first-order valence-electron chi connectivity index (χ1n) is 6.91. The molecule has 1 rings (SSSR count). The minimum atomic E-state index is -3.71. The van der Waals surface area contributed by atoms with Crippen LogP contribution in [-0.2, 0) is 19.6 Å². The summed E-state index contributed by atoms with van der Waals surface area (Å²) >= 11 is 0. The lowest BCUT2D eigenvalue weighted by atomic mass is 9.97. The van der Waals surface area contributed by atoms with Crippen molar-refractivity contribution < 1.29 is 22.7 Å².